The van der Waals surface area contributed by atoms with Crippen molar-refractivity contribution in [2.75, 3.05) is 18.8 Å². The molecular formula is C36H54N2O2S. The molecule has 3 N–H and O–H groups in total. The first kappa shape index (κ1) is 29.8. The molecule has 0 amide bonds. The highest BCUT2D eigenvalue weighted by Gasteiger charge is 2.65. The summed E-state index contributed by atoms with van der Waals surface area (Å²) in [5.74, 6) is 4.37. The summed E-state index contributed by atoms with van der Waals surface area (Å²) in [6, 6.07) is 7.65. The number of carboxylic acid groups (broad SMARTS) is 1. The van der Waals surface area contributed by atoms with E-state index in [-0.39, 0.29) is 5.41 Å². The minimum absolute atomic E-state index is 0.0805. The molecule has 1 aromatic carbocycles. The second-order valence-electron chi connectivity index (χ2n) is 15.4. The van der Waals surface area contributed by atoms with Gasteiger partial charge in [-0.2, -0.15) is 0 Å². The zero-order valence-electron chi connectivity index (χ0n) is 26.2. The third-order valence-corrected chi connectivity index (χ3v) is 14.2. The molecule has 226 valence electrons. The summed E-state index contributed by atoms with van der Waals surface area (Å²) in [5, 5.41) is 13.6. The van der Waals surface area contributed by atoms with Crippen LogP contribution in [0.25, 0.3) is 5.57 Å². The van der Waals surface area contributed by atoms with Crippen molar-refractivity contribution in [3.63, 3.8) is 0 Å². The lowest BCUT2D eigenvalue weighted by Gasteiger charge is -2.68. The van der Waals surface area contributed by atoms with Crippen LogP contribution in [0.3, 0.4) is 0 Å². The van der Waals surface area contributed by atoms with Crippen LogP contribution in [0.2, 0.25) is 0 Å². The number of allylic oxidation sites excluding steroid dienone is 2. The number of fused-ring (bicyclic) bond motifs is 7. The Hall–Kier alpha value is -1.30. The summed E-state index contributed by atoms with van der Waals surface area (Å²) in [6.07, 6.45) is 16.3. The van der Waals surface area contributed by atoms with Crippen LogP contribution in [0.4, 0.5) is 0 Å². The lowest BCUT2D eigenvalue weighted by atomic mass is 9.37. The SMILES string of the molecule is CCSNCCN[C@]12CCCC1[C@H]1CCC3[C@@](C)(CCC4C(C)(C)C(c5ccc(C(=O)O)cc5)=CC[C@@]43C)C1CC2. The van der Waals surface area contributed by atoms with E-state index in [0.29, 0.717) is 27.9 Å². The molecule has 41 heavy (non-hydrogen) atoms. The Balaban J connectivity index is 1.23. The first-order chi connectivity index (χ1) is 19.6. The van der Waals surface area contributed by atoms with Crippen molar-refractivity contribution in [3.05, 3.63) is 41.5 Å². The summed E-state index contributed by atoms with van der Waals surface area (Å²) in [7, 11) is 0. The van der Waals surface area contributed by atoms with Crippen LogP contribution in [-0.2, 0) is 0 Å². The number of aromatic carboxylic acids is 1. The predicted octanol–water partition coefficient (Wildman–Crippen LogP) is 8.44. The Morgan fingerprint density at radius 1 is 0.902 bits per heavy atom. The smallest absolute Gasteiger partial charge is 0.335 e. The zero-order chi connectivity index (χ0) is 29.0. The van der Waals surface area contributed by atoms with Gasteiger partial charge in [-0.25, -0.2) is 4.79 Å². The molecule has 4 nitrogen and oxygen atoms in total. The number of nitrogens with one attached hydrogen (secondary N) is 2. The van der Waals surface area contributed by atoms with Gasteiger partial charge in [0.15, 0.2) is 0 Å². The van der Waals surface area contributed by atoms with Crippen molar-refractivity contribution in [1.82, 2.24) is 10.0 Å². The van der Waals surface area contributed by atoms with E-state index >= 15 is 0 Å². The molecule has 5 aliphatic carbocycles. The third-order valence-electron chi connectivity index (χ3n) is 13.5. The largest absolute Gasteiger partial charge is 0.478 e. The number of hydrogen-bond acceptors (Lipinski definition) is 4. The van der Waals surface area contributed by atoms with Gasteiger partial charge in [0.2, 0.25) is 0 Å². The van der Waals surface area contributed by atoms with E-state index in [0.717, 1.165) is 48.9 Å². The van der Waals surface area contributed by atoms with Crippen molar-refractivity contribution in [3.8, 4) is 0 Å². The summed E-state index contributed by atoms with van der Waals surface area (Å²) in [5.41, 5.74) is 4.27. The van der Waals surface area contributed by atoms with Gasteiger partial charge in [-0.3, -0.25) is 4.72 Å². The quantitative estimate of drug-likeness (QED) is 0.213. The molecule has 0 saturated heterocycles. The number of carboxylic acids is 1. The molecule has 4 unspecified atom stereocenters. The van der Waals surface area contributed by atoms with Gasteiger partial charge < -0.3 is 10.4 Å². The molecule has 0 aromatic heterocycles. The number of hydrogen-bond donors (Lipinski definition) is 3. The van der Waals surface area contributed by atoms with E-state index in [2.05, 4.69) is 50.7 Å². The monoisotopic (exact) mass is 578 g/mol. The third kappa shape index (κ3) is 4.75. The predicted molar refractivity (Wildman–Crippen MR) is 172 cm³/mol. The molecule has 8 atom stereocenters. The topological polar surface area (TPSA) is 61.4 Å². The molecule has 0 aliphatic heterocycles. The van der Waals surface area contributed by atoms with Gasteiger partial charge in [-0.1, -0.05) is 71.2 Å². The Labute approximate surface area is 253 Å². The molecule has 5 heteroatoms. The highest BCUT2D eigenvalue weighted by molar-refractivity contribution is 7.97. The van der Waals surface area contributed by atoms with Crippen LogP contribution in [0, 0.1) is 45.8 Å². The molecule has 4 saturated carbocycles. The minimum atomic E-state index is -0.848. The van der Waals surface area contributed by atoms with Crippen molar-refractivity contribution in [2.45, 2.75) is 104 Å². The average Bonchev–Trinajstić information content (AvgIpc) is 3.37. The van der Waals surface area contributed by atoms with Gasteiger partial charge >= 0.3 is 5.97 Å². The van der Waals surface area contributed by atoms with Crippen LogP contribution in [0.1, 0.15) is 115 Å². The number of benzene rings is 1. The maximum Gasteiger partial charge on any atom is 0.335 e. The van der Waals surface area contributed by atoms with E-state index < -0.39 is 5.97 Å². The van der Waals surface area contributed by atoms with Crippen LogP contribution in [0.5, 0.6) is 0 Å². The lowest BCUT2D eigenvalue weighted by molar-refractivity contribution is -0.172. The van der Waals surface area contributed by atoms with Gasteiger partial charge in [0.1, 0.15) is 0 Å². The summed E-state index contributed by atoms with van der Waals surface area (Å²) < 4.78 is 3.53. The van der Waals surface area contributed by atoms with Crippen molar-refractivity contribution in [1.29, 1.82) is 0 Å². The van der Waals surface area contributed by atoms with Crippen molar-refractivity contribution < 1.29 is 9.90 Å². The number of rotatable bonds is 8. The van der Waals surface area contributed by atoms with Crippen LogP contribution >= 0.6 is 11.9 Å². The van der Waals surface area contributed by atoms with Gasteiger partial charge in [-0.05, 0) is 127 Å². The Bertz CT molecular complexity index is 1160. The van der Waals surface area contributed by atoms with E-state index in [4.69, 9.17) is 0 Å². The second-order valence-corrected chi connectivity index (χ2v) is 16.5. The van der Waals surface area contributed by atoms with Gasteiger partial charge in [-0.15, -0.1) is 0 Å². The fourth-order valence-corrected chi connectivity index (χ4v) is 12.4. The first-order valence-electron chi connectivity index (χ1n) is 16.7. The molecule has 6 rings (SSSR count). The van der Waals surface area contributed by atoms with Crippen LogP contribution < -0.4 is 10.0 Å². The second kappa shape index (κ2) is 11.0. The fraction of sp³-hybridized carbons (Fsp3) is 0.750. The van der Waals surface area contributed by atoms with Gasteiger partial charge in [0, 0.05) is 24.4 Å². The van der Waals surface area contributed by atoms with Crippen LogP contribution in [-0.4, -0.2) is 35.5 Å². The molecule has 4 fully saturated rings. The fourth-order valence-electron chi connectivity index (χ4n) is 11.9. The lowest BCUT2D eigenvalue weighted by Crippen LogP contribution is -2.63. The Morgan fingerprint density at radius 3 is 2.41 bits per heavy atom. The highest BCUT2D eigenvalue weighted by atomic mass is 32.2. The van der Waals surface area contributed by atoms with E-state index in [1.807, 2.05) is 24.1 Å². The van der Waals surface area contributed by atoms with E-state index in [9.17, 15) is 9.90 Å². The molecule has 0 spiro atoms. The van der Waals surface area contributed by atoms with Crippen molar-refractivity contribution in [2.24, 2.45) is 45.8 Å². The maximum absolute atomic E-state index is 11.4. The van der Waals surface area contributed by atoms with Crippen LogP contribution in [0.15, 0.2) is 30.3 Å². The summed E-state index contributed by atoms with van der Waals surface area (Å²) >= 11 is 1.84. The van der Waals surface area contributed by atoms with E-state index in [1.165, 1.54) is 68.9 Å². The molecule has 0 bridgehead atoms. The highest BCUT2D eigenvalue weighted by Crippen LogP contribution is 2.72. The van der Waals surface area contributed by atoms with E-state index in [1.54, 1.807) is 12.1 Å². The summed E-state index contributed by atoms with van der Waals surface area (Å²) in [4.78, 5) is 11.4. The Kier molecular flexibility index (Phi) is 7.99. The average molecular weight is 579 g/mol. The minimum Gasteiger partial charge on any atom is -0.478 e. The molecule has 5 aliphatic rings. The molecule has 0 radical (unpaired) electrons. The first-order valence-corrected chi connectivity index (χ1v) is 17.7. The van der Waals surface area contributed by atoms with Gasteiger partial charge in [0.05, 0.1) is 5.56 Å². The standard InChI is InChI=1S/C36H54N2O2S/c1-6-41-38-23-22-37-36-18-7-8-29(36)26-13-14-31-34(4,28(26)16-21-36)20-17-30-33(2,3)27(15-19-35(30,31)5)24-9-11-25(12-10-24)32(39)40/h9-12,15,26,28-31,37-38H,6-8,13-14,16-23H2,1-5H3,(H,39,40)/t26-,28?,29?,30?,31?,34-,35-,36-/m0/s1. The maximum atomic E-state index is 11.4. The molecule has 0 heterocycles. The normalized spacial score (nSPS) is 41.0. The zero-order valence-corrected chi connectivity index (χ0v) is 27.0. The molecule has 1 aromatic rings. The summed E-state index contributed by atoms with van der Waals surface area (Å²) in [6.45, 7) is 14.7. The Morgan fingerprint density at radius 2 is 1.68 bits per heavy atom. The molecular weight excluding hydrogens is 524 g/mol. The van der Waals surface area contributed by atoms with Crippen molar-refractivity contribution >= 4 is 23.5 Å². The number of carbonyl (C=O) groups is 1. The van der Waals surface area contributed by atoms with Gasteiger partial charge in [0.25, 0.3) is 0 Å².